The van der Waals surface area contributed by atoms with E-state index in [1.165, 1.54) is 6.07 Å². The van der Waals surface area contributed by atoms with Crippen molar-refractivity contribution in [2.24, 2.45) is 5.73 Å². The minimum atomic E-state index is -2.54. The first kappa shape index (κ1) is 12.1. The van der Waals surface area contributed by atoms with Gasteiger partial charge in [0.1, 0.15) is 5.76 Å². The molecular weight excluding hydrogens is 202 g/mol. The Morgan fingerprint density at radius 3 is 2.67 bits per heavy atom. The molecule has 0 unspecified atom stereocenters. The highest BCUT2D eigenvalue weighted by Crippen LogP contribution is 2.21. The van der Waals surface area contributed by atoms with Crippen LogP contribution in [0.3, 0.4) is 0 Å². The maximum Gasteiger partial charge on any atom is 0.295 e. The molecule has 0 amide bonds. The molecule has 0 radical (unpaired) electrons. The van der Waals surface area contributed by atoms with Crippen LogP contribution in [0.25, 0.3) is 0 Å². The Morgan fingerprint density at radius 2 is 2.20 bits per heavy atom. The number of likely N-dealkylation sites (N-methyl/N-ethyl adjacent to an activating group) is 1. The summed E-state index contributed by atoms with van der Waals surface area (Å²) in [6.07, 6.45) is -2.54. The summed E-state index contributed by atoms with van der Waals surface area (Å²) < 4.78 is 29.4. The van der Waals surface area contributed by atoms with Crippen LogP contribution in [0.1, 0.15) is 24.9 Å². The maximum atomic E-state index is 12.2. The van der Waals surface area contributed by atoms with Crippen molar-refractivity contribution in [2.45, 2.75) is 19.9 Å². The van der Waals surface area contributed by atoms with Crippen LogP contribution in [0.2, 0.25) is 0 Å². The van der Waals surface area contributed by atoms with Gasteiger partial charge in [0, 0.05) is 13.1 Å². The molecule has 0 aliphatic carbocycles. The van der Waals surface area contributed by atoms with Crippen LogP contribution in [-0.2, 0) is 6.54 Å². The topological polar surface area (TPSA) is 42.4 Å². The molecule has 1 aromatic rings. The number of nitrogens with two attached hydrogens (primary N) is 1. The zero-order valence-corrected chi connectivity index (χ0v) is 8.75. The van der Waals surface area contributed by atoms with Crippen molar-refractivity contribution in [2.75, 3.05) is 19.6 Å². The maximum absolute atomic E-state index is 12.2. The van der Waals surface area contributed by atoms with Crippen LogP contribution < -0.4 is 5.73 Å². The lowest BCUT2D eigenvalue weighted by molar-refractivity contribution is 0.117. The van der Waals surface area contributed by atoms with Crippen molar-refractivity contribution in [3.63, 3.8) is 0 Å². The standard InChI is InChI=1S/C10H16F2N2O/c1-2-14(6-5-13)7-8-3-4-9(15-8)10(11)12/h3-4,10H,2,5-7,13H2,1H3. The molecule has 0 bridgehead atoms. The summed E-state index contributed by atoms with van der Waals surface area (Å²) in [5.41, 5.74) is 5.42. The zero-order chi connectivity index (χ0) is 11.3. The fourth-order valence-corrected chi connectivity index (χ4v) is 1.35. The summed E-state index contributed by atoms with van der Waals surface area (Å²) in [6, 6.07) is 2.90. The van der Waals surface area contributed by atoms with E-state index in [1.54, 1.807) is 6.07 Å². The van der Waals surface area contributed by atoms with Crippen molar-refractivity contribution >= 4 is 0 Å². The molecule has 1 rings (SSSR count). The Morgan fingerprint density at radius 1 is 1.47 bits per heavy atom. The third kappa shape index (κ3) is 3.60. The fourth-order valence-electron chi connectivity index (χ4n) is 1.35. The second kappa shape index (κ2) is 5.82. The molecule has 5 heteroatoms. The molecule has 0 atom stereocenters. The monoisotopic (exact) mass is 218 g/mol. The summed E-state index contributed by atoms with van der Waals surface area (Å²) in [4.78, 5) is 2.04. The Kier molecular flexibility index (Phi) is 4.71. The average Bonchev–Trinajstić information content (AvgIpc) is 2.65. The van der Waals surface area contributed by atoms with Gasteiger partial charge in [0.25, 0.3) is 6.43 Å². The fraction of sp³-hybridized carbons (Fsp3) is 0.600. The summed E-state index contributed by atoms with van der Waals surface area (Å²) >= 11 is 0. The van der Waals surface area contributed by atoms with E-state index in [0.29, 0.717) is 18.8 Å². The molecule has 0 saturated heterocycles. The van der Waals surface area contributed by atoms with Gasteiger partial charge in [-0.2, -0.15) is 0 Å². The van der Waals surface area contributed by atoms with Crippen molar-refractivity contribution < 1.29 is 13.2 Å². The van der Waals surface area contributed by atoms with Gasteiger partial charge in [0.15, 0.2) is 5.76 Å². The predicted octanol–water partition coefficient (Wildman–Crippen LogP) is 2.00. The van der Waals surface area contributed by atoms with Crippen LogP contribution in [0, 0.1) is 0 Å². The highest BCUT2D eigenvalue weighted by atomic mass is 19.3. The Bertz CT molecular complexity index is 289. The summed E-state index contributed by atoms with van der Waals surface area (Å²) in [6.45, 7) is 4.63. The first-order chi connectivity index (χ1) is 7.17. The molecule has 0 aromatic carbocycles. The van der Waals surface area contributed by atoms with E-state index >= 15 is 0 Å². The first-order valence-electron chi connectivity index (χ1n) is 4.96. The average molecular weight is 218 g/mol. The molecule has 86 valence electrons. The summed E-state index contributed by atoms with van der Waals surface area (Å²) in [5.74, 6) is 0.286. The summed E-state index contributed by atoms with van der Waals surface area (Å²) in [5, 5.41) is 0. The normalized spacial score (nSPS) is 11.6. The Balaban J connectivity index is 2.55. The van der Waals surface area contributed by atoms with Gasteiger partial charge >= 0.3 is 0 Å². The third-order valence-electron chi connectivity index (χ3n) is 2.17. The minimum absolute atomic E-state index is 0.270. The number of hydrogen-bond acceptors (Lipinski definition) is 3. The Hall–Kier alpha value is -0.940. The lowest BCUT2D eigenvalue weighted by Gasteiger charge is -2.17. The smallest absolute Gasteiger partial charge is 0.295 e. The molecule has 2 N–H and O–H groups in total. The highest BCUT2D eigenvalue weighted by molar-refractivity contribution is 5.07. The minimum Gasteiger partial charge on any atom is -0.459 e. The lowest BCUT2D eigenvalue weighted by atomic mass is 10.4. The zero-order valence-electron chi connectivity index (χ0n) is 8.75. The van der Waals surface area contributed by atoms with Crippen LogP contribution in [0.5, 0.6) is 0 Å². The largest absolute Gasteiger partial charge is 0.459 e. The molecule has 15 heavy (non-hydrogen) atoms. The molecule has 3 nitrogen and oxygen atoms in total. The van der Waals surface area contributed by atoms with E-state index in [0.717, 1.165) is 13.1 Å². The van der Waals surface area contributed by atoms with E-state index in [-0.39, 0.29) is 5.76 Å². The summed E-state index contributed by atoms with van der Waals surface area (Å²) in [7, 11) is 0. The number of nitrogens with zero attached hydrogens (tertiary/aromatic N) is 1. The molecule has 0 spiro atoms. The van der Waals surface area contributed by atoms with Crippen LogP contribution in [0.15, 0.2) is 16.5 Å². The van der Waals surface area contributed by atoms with Gasteiger partial charge < -0.3 is 10.2 Å². The van der Waals surface area contributed by atoms with Gasteiger partial charge in [0.05, 0.1) is 6.54 Å². The number of halogens is 2. The number of alkyl halides is 2. The number of rotatable bonds is 6. The molecule has 0 saturated carbocycles. The second-order valence-electron chi connectivity index (χ2n) is 3.26. The van der Waals surface area contributed by atoms with E-state index in [9.17, 15) is 8.78 Å². The van der Waals surface area contributed by atoms with Crippen LogP contribution in [0.4, 0.5) is 8.78 Å². The Labute approximate surface area is 87.8 Å². The lowest BCUT2D eigenvalue weighted by Crippen LogP contribution is -2.28. The van der Waals surface area contributed by atoms with Crippen molar-refractivity contribution in [3.05, 3.63) is 23.7 Å². The van der Waals surface area contributed by atoms with Crippen molar-refractivity contribution in [3.8, 4) is 0 Å². The van der Waals surface area contributed by atoms with Crippen molar-refractivity contribution in [1.29, 1.82) is 0 Å². The number of hydrogen-bond donors (Lipinski definition) is 1. The van der Waals surface area contributed by atoms with Gasteiger partial charge in [-0.05, 0) is 18.7 Å². The van der Waals surface area contributed by atoms with Crippen LogP contribution in [-0.4, -0.2) is 24.5 Å². The number of furan rings is 1. The molecule has 1 aromatic heterocycles. The third-order valence-corrected chi connectivity index (χ3v) is 2.17. The van der Waals surface area contributed by atoms with Gasteiger partial charge in [-0.3, -0.25) is 4.90 Å². The van der Waals surface area contributed by atoms with E-state index < -0.39 is 6.43 Å². The van der Waals surface area contributed by atoms with Gasteiger partial charge in [-0.25, -0.2) is 8.78 Å². The van der Waals surface area contributed by atoms with Gasteiger partial charge in [0.2, 0.25) is 0 Å². The van der Waals surface area contributed by atoms with E-state index in [2.05, 4.69) is 0 Å². The molecule has 0 aliphatic heterocycles. The van der Waals surface area contributed by atoms with Gasteiger partial charge in [-0.15, -0.1) is 0 Å². The molecule has 1 heterocycles. The van der Waals surface area contributed by atoms with E-state index in [4.69, 9.17) is 10.2 Å². The second-order valence-corrected chi connectivity index (χ2v) is 3.26. The van der Waals surface area contributed by atoms with E-state index in [1.807, 2.05) is 11.8 Å². The van der Waals surface area contributed by atoms with Crippen molar-refractivity contribution in [1.82, 2.24) is 4.90 Å². The molecule has 0 aliphatic rings. The first-order valence-corrected chi connectivity index (χ1v) is 4.96. The highest BCUT2D eigenvalue weighted by Gasteiger charge is 2.13. The van der Waals surface area contributed by atoms with Crippen LogP contribution >= 0.6 is 0 Å². The SMILES string of the molecule is CCN(CCN)Cc1ccc(C(F)F)o1. The molecular formula is C10H16F2N2O. The predicted molar refractivity (Wildman–Crippen MR) is 53.7 cm³/mol. The van der Waals surface area contributed by atoms with Gasteiger partial charge in [-0.1, -0.05) is 6.92 Å². The molecule has 0 fully saturated rings. The quantitative estimate of drug-likeness (QED) is 0.794.